The summed E-state index contributed by atoms with van der Waals surface area (Å²) in [5.74, 6) is -0.227. The normalized spacial score (nSPS) is 10.4. The van der Waals surface area contributed by atoms with Gasteiger partial charge in [0.25, 0.3) is 5.91 Å². The van der Waals surface area contributed by atoms with Gasteiger partial charge >= 0.3 is 0 Å². The fourth-order valence-corrected chi connectivity index (χ4v) is 2.00. The van der Waals surface area contributed by atoms with E-state index in [1.807, 2.05) is 19.1 Å². The molecule has 0 unspecified atom stereocenters. The third-order valence-corrected chi connectivity index (χ3v) is 3.89. The molecule has 6 heteroatoms. The number of anilines is 1. The number of hydrogen-bond donors (Lipinski definition) is 1. The average Bonchev–Trinajstić information content (AvgIpc) is 2.65. The van der Waals surface area contributed by atoms with Crippen molar-refractivity contribution in [2.24, 2.45) is 7.05 Å². The van der Waals surface area contributed by atoms with E-state index in [9.17, 15) is 4.79 Å². The highest BCUT2D eigenvalue weighted by Crippen LogP contribution is 2.21. The van der Waals surface area contributed by atoms with E-state index in [0.717, 1.165) is 5.56 Å². The number of nitrogens with one attached hydrogen (secondary N) is 1. The number of halogens is 2. The SMILES string of the molecule is Cc1ccc(NC(=O)c2cnn(C)c2Br)cc1Cl. The van der Waals surface area contributed by atoms with Gasteiger partial charge in [-0.1, -0.05) is 17.7 Å². The predicted molar refractivity (Wildman–Crippen MR) is 75.1 cm³/mol. The molecule has 1 N–H and O–H groups in total. The van der Waals surface area contributed by atoms with Crippen molar-refractivity contribution in [1.29, 1.82) is 0 Å². The van der Waals surface area contributed by atoms with Gasteiger partial charge in [-0.2, -0.15) is 5.10 Å². The van der Waals surface area contributed by atoms with Gasteiger partial charge in [0, 0.05) is 17.8 Å². The summed E-state index contributed by atoms with van der Waals surface area (Å²) in [4.78, 5) is 12.0. The molecule has 0 aliphatic rings. The molecule has 1 aromatic carbocycles. The number of amides is 1. The van der Waals surface area contributed by atoms with Crippen LogP contribution in [0.15, 0.2) is 29.0 Å². The van der Waals surface area contributed by atoms with E-state index < -0.39 is 0 Å². The number of hydrogen-bond acceptors (Lipinski definition) is 2. The Morgan fingerprint density at radius 1 is 1.50 bits per heavy atom. The molecule has 0 atom stereocenters. The van der Waals surface area contributed by atoms with Gasteiger partial charge < -0.3 is 5.32 Å². The van der Waals surface area contributed by atoms with Gasteiger partial charge in [0.2, 0.25) is 0 Å². The van der Waals surface area contributed by atoms with Gasteiger partial charge in [0.05, 0.1) is 11.8 Å². The second kappa shape index (κ2) is 5.12. The molecule has 1 heterocycles. The van der Waals surface area contributed by atoms with Crippen LogP contribution in [-0.2, 0) is 7.05 Å². The minimum Gasteiger partial charge on any atom is -0.322 e. The van der Waals surface area contributed by atoms with Crippen LogP contribution < -0.4 is 5.32 Å². The maximum atomic E-state index is 12.0. The summed E-state index contributed by atoms with van der Waals surface area (Å²) in [6.45, 7) is 1.91. The van der Waals surface area contributed by atoms with Crippen LogP contribution in [-0.4, -0.2) is 15.7 Å². The van der Waals surface area contributed by atoms with Crippen molar-refractivity contribution in [2.45, 2.75) is 6.92 Å². The molecule has 0 saturated carbocycles. The molecule has 0 saturated heterocycles. The van der Waals surface area contributed by atoms with Gasteiger partial charge in [-0.3, -0.25) is 9.48 Å². The molecule has 0 aliphatic heterocycles. The molecule has 0 fully saturated rings. The van der Waals surface area contributed by atoms with E-state index in [1.54, 1.807) is 17.8 Å². The highest BCUT2D eigenvalue weighted by molar-refractivity contribution is 9.10. The number of aromatic nitrogens is 2. The van der Waals surface area contributed by atoms with E-state index in [1.165, 1.54) is 6.20 Å². The Bertz CT molecular complexity index is 609. The Balaban J connectivity index is 2.21. The van der Waals surface area contributed by atoms with Gasteiger partial charge in [-0.25, -0.2) is 0 Å². The van der Waals surface area contributed by atoms with Crippen molar-refractivity contribution in [2.75, 3.05) is 5.32 Å². The molecule has 0 bridgehead atoms. The van der Waals surface area contributed by atoms with E-state index >= 15 is 0 Å². The van der Waals surface area contributed by atoms with Crippen molar-refractivity contribution in [1.82, 2.24) is 9.78 Å². The summed E-state index contributed by atoms with van der Waals surface area (Å²) in [6.07, 6.45) is 1.51. The molecule has 18 heavy (non-hydrogen) atoms. The van der Waals surface area contributed by atoms with Crippen molar-refractivity contribution in [3.63, 3.8) is 0 Å². The summed E-state index contributed by atoms with van der Waals surface area (Å²) < 4.78 is 2.22. The van der Waals surface area contributed by atoms with Gasteiger partial charge in [-0.15, -0.1) is 0 Å². The van der Waals surface area contributed by atoms with E-state index in [2.05, 4.69) is 26.3 Å². The summed E-state index contributed by atoms with van der Waals surface area (Å²) in [5.41, 5.74) is 2.11. The Kier molecular flexibility index (Phi) is 3.73. The zero-order chi connectivity index (χ0) is 13.3. The van der Waals surface area contributed by atoms with E-state index in [-0.39, 0.29) is 5.91 Å². The third-order valence-electron chi connectivity index (χ3n) is 2.54. The van der Waals surface area contributed by atoms with Crippen LogP contribution in [0.25, 0.3) is 0 Å². The van der Waals surface area contributed by atoms with Crippen molar-refractivity contribution in [3.8, 4) is 0 Å². The average molecular weight is 329 g/mol. The van der Waals surface area contributed by atoms with Crippen molar-refractivity contribution >= 4 is 39.1 Å². The molecule has 0 aliphatic carbocycles. The lowest BCUT2D eigenvalue weighted by molar-refractivity contribution is 0.102. The monoisotopic (exact) mass is 327 g/mol. The van der Waals surface area contributed by atoms with Crippen LogP contribution in [0.5, 0.6) is 0 Å². The second-order valence-corrected chi connectivity index (χ2v) is 5.05. The lowest BCUT2D eigenvalue weighted by atomic mass is 10.2. The Hall–Kier alpha value is -1.33. The summed E-state index contributed by atoms with van der Waals surface area (Å²) >= 11 is 9.31. The van der Waals surface area contributed by atoms with Crippen LogP contribution >= 0.6 is 27.5 Å². The summed E-state index contributed by atoms with van der Waals surface area (Å²) in [6, 6.07) is 5.39. The second-order valence-electron chi connectivity index (χ2n) is 3.89. The lowest BCUT2D eigenvalue weighted by Crippen LogP contribution is -2.12. The van der Waals surface area contributed by atoms with Gasteiger partial charge in [0.1, 0.15) is 4.60 Å². The molecule has 1 amide bonds. The van der Waals surface area contributed by atoms with Crippen molar-refractivity contribution < 1.29 is 4.79 Å². The lowest BCUT2D eigenvalue weighted by Gasteiger charge is -2.06. The number of carbonyl (C=O) groups is 1. The molecule has 4 nitrogen and oxygen atoms in total. The zero-order valence-corrected chi connectivity index (χ0v) is 12.2. The minimum absolute atomic E-state index is 0.227. The number of carbonyl (C=O) groups excluding carboxylic acids is 1. The molecule has 94 valence electrons. The van der Waals surface area contributed by atoms with Gasteiger partial charge in [-0.05, 0) is 40.5 Å². The highest BCUT2D eigenvalue weighted by atomic mass is 79.9. The predicted octanol–water partition coefficient (Wildman–Crippen LogP) is 3.40. The molecule has 1 aromatic heterocycles. The molecule has 0 radical (unpaired) electrons. The van der Waals surface area contributed by atoms with E-state index in [0.29, 0.717) is 20.9 Å². The van der Waals surface area contributed by atoms with Crippen LogP contribution in [0, 0.1) is 6.92 Å². The van der Waals surface area contributed by atoms with Gasteiger partial charge in [0.15, 0.2) is 0 Å². The van der Waals surface area contributed by atoms with Crippen LogP contribution in [0.4, 0.5) is 5.69 Å². The quantitative estimate of drug-likeness (QED) is 0.918. The smallest absolute Gasteiger partial charge is 0.260 e. The maximum absolute atomic E-state index is 12.0. The fraction of sp³-hybridized carbons (Fsp3) is 0.167. The summed E-state index contributed by atoms with van der Waals surface area (Å²) in [7, 11) is 1.75. The number of rotatable bonds is 2. The number of nitrogens with zero attached hydrogens (tertiary/aromatic N) is 2. The molecule has 2 aromatic rings. The van der Waals surface area contributed by atoms with Crippen molar-refractivity contribution in [3.05, 3.63) is 45.1 Å². The Labute approximate surface area is 118 Å². The molecule has 2 rings (SSSR count). The first-order valence-corrected chi connectivity index (χ1v) is 6.41. The Morgan fingerprint density at radius 3 is 2.78 bits per heavy atom. The van der Waals surface area contributed by atoms with Crippen LogP contribution in [0.2, 0.25) is 5.02 Å². The minimum atomic E-state index is -0.227. The standard InChI is InChI=1S/C12H11BrClN3O/c1-7-3-4-8(5-10(7)14)16-12(18)9-6-15-17(2)11(9)13/h3-6H,1-2H3,(H,16,18). The number of aryl methyl sites for hydroxylation is 2. The largest absolute Gasteiger partial charge is 0.322 e. The van der Waals surface area contributed by atoms with Crippen LogP contribution in [0.3, 0.4) is 0 Å². The van der Waals surface area contributed by atoms with Crippen LogP contribution in [0.1, 0.15) is 15.9 Å². The number of benzene rings is 1. The highest BCUT2D eigenvalue weighted by Gasteiger charge is 2.14. The maximum Gasteiger partial charge on any atom is 0.260 e. The first-order chi connectivity index (χ1) is 8.49. The molecule has 0 spiro atoms. The Morgan fingerprint density at radius 2 is 2.22 bits per heavy atom. The zero-order valence-electron chi connectivity index (χ0n) is 9.87. The molecular weight excluding hydrogens is 318 g/mol. The fourth-order valence-electron chi connectivity index (χ4n) is 1.44. The first kappa shape index (κ1) is 13.1. The molecular formula is C12H11BrClN3O. The van der Waals surface area contributed by atoms with E-state index in [4.69, 9.17) is 11.6 Å². The summed E-state index contributed by atoms with van der Waals surface area (Å²) in [5, 5.41) is 7.39. The first-order valence-electron chi connectivity index (χ1n) is 5.24. The topological polar surface area (TPSA) is 46.9 Å². The third kappa shape index (κ3) is 2.57.